The molecule has 3 heterocycles. The number of aromatic nitrogens is 5. The highest BCUT2D eigenvalue weighted by molar-refractivity contribution is 6.31. The minimum absolute atomic E-state index is 0.247. The number of benzene rings is 2. The normalized spacial score (nSPS) is 15.9. The van der Waals surface area contributed by atoms with Crippen LogP contribution in [0, 0.1) is 0 Å². The van der Waals surface area contributed by atoms with E-state index in [0.717, 1.165) is 24.1 Å². The molecule has 1 aliphatic heterocycles. The number of fused-ring (bicyclic) bond motifs is 1. The van der Waals surface area contributed by atoms with Gasteiger partial charge < -0.3 is 10.0 Å². The molecule has 0 saturated carbocycles. The van der Waals surface area contributed by atoms with Crippen LogP contribution in [0.2, 0.25) is 5.02 Å². The summed E-state index contributed by atoms with van der Waals surface area (Å²) < 4.78 is 41.4. The van der Waals surface area contributed by atoms with Crippen LogP contribution in [0.25, 0.3) is 11.2 Å². The highest BCUT2D eigenvalue weighted by Crippen LogP contribution is 2.38. The second-order valence-corrected chi connectivity index (χ2v) is 9.73. The van der Waals surface area contributed by atoms with Gasteiger partial charge in [0.15, 0.2) is 17.0 Å². The molecule has 194 valence electrons. The van der Waals surface area contributed by atoms with Crippen LogP contribution in [0.1, 0.15) is 48.7 Å². The second-order valence-electron chi connectivity index (χ2n) is 9.32. The van der Waals surface area contributed by atoms with Crippen LogP contribution in [-0.4, -0.2) is 43.2 Å². The maximum absolute atomic E-state index is 13.2. The summed E-state index contributed by atoms with van der Waals surface area (Å²) in [7, 11) is 0. The van der Waals surface area contributed by atoms with Crippen molar-refractivity contribution in [2.24, 2.45) is 0 Å². The van der Waals surface area contributed by atoms with E-state index >= 15 is 0 Å². The number of halogens is 4. The molecular weight excluding hydrogens is 505 g/mol. The number of anilines is 1. The molecule has 1 saturated heterocycles. The lowest BCUT2D eigenvalue weighted by Gasteiger charge is -2.39. The average Bonchev–Trinajstić information content (AvgIpc) is 3.28. The Labute approximate surface area is 216 Å². The maximum atomic E-state index is 13.2. The van der Waals surface area contributed by atoms with Crippen molar-refractivity contribution < 1.29 is 18.3 Å². The van der Waals surface area contributed by atoms with Crippen molar-refractivity contribution in [2.75, 3.05) is 18.0 Å². The van der Waals surface area contributed by atoms with Gasteiger partial charge in [-0.3, -0.25) is 0 Å². The second kappa shape index (κ2) is 9.90. The summed E-state index contributed by atoms with van der Waals surface area (Å²) in [5.74, 6) is 1.27. The number of rotatable bonds is 6. The first-order valence-electron chi connectivity index (χ1n) is 12.2. The highest BCUT2D eigenvalue weighted by atomic mass is 35.5. The predicted molar refractivity (Wildman–Crippen MR) is 134 cm³/mol. The molecule has 0 spiro atoms. The Hall–Kier alpha value is -3.24. The summed E-state index contributed by atoms with van der Waals surface area (Å²) in [5.41, 5.74) is 0.156. The number of hydrogen-bond donors (Lipinski definition) is 1. The van der Waals surface area contributed by atoms with Gasteiger partial charge >= 0.3 is 6.18 Å². The Balaban J connectivity index is 1.44. The molecule has 5 rings (SSSR count). The van der Waals surface area contributed by atoms with E-state index < -0.39 is 17.3 Å². The van der Waals surface area contributed by atoms with E-state index in [0.29, 0.717) is 53.9 Å². The van der Waals surface area contributed by atoms with Crippen molar-refractivity contribution in [3.63, 3.8) is 0 Å². The minimum Gasteiger partial charge on any atom is -0.385 e. The van der Waals surface area contributed by atoms with Crippen molar-refractivity contribution in [3.05, 3.63) is 76.1 Å². The Morgan fingerprint density at radius 3 is 2.51 bits per heavy atom. The van der Waals surface area contributed by atoms with E-state index in [2.05, 4.69) is 10.3 Å². The van der Waals surface area contributed by atoms with Crippen molar-refractivity contribution in [1.82, 2.24) is 25.0 Å². The van der Waals surface area contributed by atoms with E-state index in [-0.39, 0.29) is 18.4 Å². The van der Waals surface area contributed by atoms with Gasteiger partial charge in [0.05, 0.1) is 17.7 Å². The third-order valence-electron chi connectivity index (χ3n) is 6.76. The molecule has 0 unspecified atom stereocenters. The molecule has 1 aliphatic rings. The third-order valence-corrected chi connectivity index (χ3v) is 7.13. The first-order chi connectivity index (χ1) is 17.7. The number of hydrogen-bond acceptors (Lipinski definition) is 6. The van der Waals surface area contributed by atoms with Gasteiger partial charge in [-0.25, -0.2) is 14.6 Å². The zero-order valence-electron chi connectivity index (χ0n) is 20.2. The topological polar surface area (TPSA) is 80.0 Å². The van der Waals surface area contributed by atoms with E-state index in [1.165, 1.54) is 6.07 Å². The summed E-state index contributed by atoms with van der Waals surface area (Å²) in [6, 6.07) is 12.4. The van der Waals surface area contributed by atoms with Gasteiger partial charge in [-0.2, -0.15) is 13.2 Å². The predicted octanol–water partition coefficient (Wildman–Crippen LogP) is 5.38. The van der Waals surface area contributed by atoms with Crippen LogP contribution in [0.4, 0.5) is 19.0 Å². The van der Waals surface area contributed by atoms with Crippen LogP contribution in [0.15, 0.2) is 48.5 Å². The summed E-state index contributed by atoms with van der Waals surface area (Å²) in [4.78, 5) is 11.5. The average molecular weight is 531 g/mol. The lowest BCUT2D eigenvalue weighted by atomic mass is 9.83. The number of piperidine rings is 1. The number of nitrogens with zero attached hydrogens (tertiary/aromatic N) is 6. The Morgan fingerprint density at radius 2 is 1.81 bits per heavy atom. The van der Waals surface area contributed by atoms with Crippen LogP contribution in [-0.2, 0) is 24.7 Å². The molecule has 0 aliphatic carbocycles. The molecule has 0 radical (unpaired) electrons. The SMILES string of the molecule is CCCc1nc(N2CCC(O)(c3cccc(C(F)(F)F)c3)CC2)c2nnn(Cc3ccccc3Cl)c2n1. The molecule has 0 atom stereocenters. The van der Waals surface area contributed by atoms with E-state index in [9.17, 15) is 18.3 Å². The molecule has 7 nitrogen and oxygen atoms in total. The van der Waals surface area contributed by atoms with E-state index in [1.807, 2.05) is 36.1 Å². The number of aryl methyl sites for hydroxylation is 1. The molecule has 1 N–H and O–H groups in total. The molecule has 37 heavy (non-hydrogen) atoms. The fraction of sp³-hybridized carbons (Fsp3) is 0.385. The van der Waals surface area contributed by atoms with Crippen molar-refractivity contribution >= 4 is 28.6 Å². The monoisotopic (exact) mass is 530 g/mol. The molecule has 2 aromatic carbocycles. The molecule has 0 amide bonds. The quantitative estimate of drug-likeness (QED) is 0.360. The fourth-order valence-corrected chi connectivity index (χ4v) is 4.89. The van der Waals surface area contributed by atoms with E-state index in [1.54, 1.807) is 10.7 Å². The molecule has 11 heteroatoms. The summed E-state index contributed by atoms with van der Waals surface area (Å²) in [6.07, 6.45) is -2.45. The maximum Gasteiger partial charge on any atom is 0.416 e. The van der Waals surface area contributed by atoms with Gasteiger partial charge in [-0.15, -0.1) is 5.10 Å². The Kier molecular flexibility index (Phi) is 6.80. The van der Waals surface area contributed by atoms with Crippen molar-refractivity contribution in [1.29, 1.82) is 0 Å². The third kappa shape index (κ3) is 5.13. The van der Waals surface area contributed by atoms with Gasteiger partial charge in [0.1, 0.15) is 5.82 Å². The molecule has 4 aromatic rings. The highest BCUT2D eigenvalue weighted by Gasteiger charge is 2.38. The minimum atomic E-state index is -4.47. The van der Waals surface area contributed by atoms with Crippen LogP contribution in [0.3, 0.4) is 0 Å². The van der Waals surface area contributed by atoms with Gasteiger partial charge in [-0.05, 0) is 48.6 Å². The van der Waals surface area contributed by atoms with Gasteiger partial charge in [0.2, 0.25) is 0 Å². The lowest BCUT2D eigenvalue weighted by molar-refractivity contribution is -0.137. The zero-order valence-corrected chi connectivity index (χ0v) is 21.0. The number of aliphatic hydroxyl groups is 1. The van der Waals surface area contributed by atoms with Crippen molar-refractivity contribution in [3.8, 4) is 0 Å². The Bertz CT molecular complexity index is 1420. The summed E-state index contributed by atoms with van der Waals surface area (Å²) >= 11 is 6.35. The summed E-state index contributed by atoms with van der Waals surface area (Å²) in [6.45, 7) is 3.22. The van der Waals surface area contributed by atoms with Crippen LogP contribution >= 0.6 is 11.6 Å². The zero-order chi connectivity index (χ0) is 26.2. The first-order valence-corrected chi connectivity index (χ1v) is 12.5. The largest absolute Gasteiger partial charge is 0.416 e. The fourth-order valence-electron chi connectivity index (χ4n) is 4.70. The van der Waals surface area contributed by atoms with Crippen LogP contribution < -0.4 is 4.90 Å². The first kappa shape index (κ1) is 25.4. The standard InChI is InChI=1S/C26H26ClF3N6O/c1-2-6-21-31-23(22-24(32-21)36(34-33-22)16-17-7-3-4-10-20(17)27)35-13-11-25(37,12-14-35)18-8-5-9-19(15-18)26(28,29)30/h3-5,7-10,15,37H,2,6,11-14,16H2,1H3. The molecule has 0 bridgehead atoms. The molecular formula is C26H26ClF3N6O. The summed E-state index contributed by atoms with van der Waals surface area (Å²) in [5, 5.41) is 20.6. The van der Waals surface area contributed by atoms with Gasteiger partial charge in [0, 0.05) is 24.5 Å². The number of alkyl halides is 3. The smallest absolute Gasteiger partial charge is 0.385 e. The molecule has 1 fully saturated rings. The van der Waals surface area contributed by atoms with Crippen molar-refractivity contribution in [2.45, 2.75) is 50.9 Å². The molecule has 2 aromatic heterocycles. The lowest BCUT2D eigenvalue weighted by Crippen LogP contribution is -2.43. The van der Waals surface area contributed by atoms with E-state index in [4.69, 9.17) is 21.6 Å². The van der Waals surface area contributed by atoms with Crippen LogP contribution in [0.5, 0.6) is 0 Å². The van der Waals surface area contributed by atoms with Gasteiger partial charge in [-0.1, -0.05) is 54.1 Å². The van der Waals surface area contributed by atoms with Gasteiger partial charge in [0.25, 0.3) is 0 Å². The Morgan fingerprint density at radius 1 is 1.05 bits per heavy atom.